The maximum Gasteiger partial charge on any atom is 0.253 e. The van der Waals surface area contributed by atoms with E-state index in [-0.39, 0.29) is 62.2 Å². The fourth-order valence-corrected chi connectivity index (χ4v) is 7.57. The quantitative estimate of drug-likeness (QED) is 0.0495. The first kappa shape index (κ1) is 55.3. The van der Waals surface area contributed by atoms with Gasteiger partial charge in [-0.2, -0.15) is 0 Å². The molecule has 67 heavy (non-hydrogen) atoms. The lowest BCUT2D eigenvalue weighted by Gasteiger charge is -2.31. The highest BCUT2D eigenvalue weighted by molar-refractivity contribution is 5.99. The topological polar surface area (TPSA) is 302 Å². The summed E-state index contributed by atoms with van der Waals surface area (Å²) in [6.45, 7) is 10.9. The highest BCUT2D eigenvalue weighted by Crippen LogP contribution is 2.21. The molecule has 2 aromatic heterocycles. The average molecular weight is 935 g/mol. The SMILES string of the molecule is CC(C)C[C@H](NC(=O)[C@@H](CCCCNC(=O)c1cccnc1)NC(=O)[C@H](CCCCN)NC(=O)c1cccnc1)C(=O)N[C@@H](CCCCNC(C)C)C(=O)N1CCC[C@H]1C(=O)N[C@H](C)C(N)=O. The maximum absolute atomic E-state index is 14.4. The number of carbonyl (C=O) groups is 8. The van der Waals surface area contributed by atoms with Gasteiger partial charge in [-0.3, -0.25) is 48.3 Å². The van der Waals surface area contributed by atoms with E-state index in [0.29, 0.717) is 70.0 Å². The summed E-state index contributed by atoms with van der Waals surface area (Å²) in [6, 6.07) is 0.494. The van der Waals surface area contributed by atoms with Gasteiger partial charge in [0.15, 0.2) is 0 Å². The monoisotopic (exact) mass is 935 g/mol. The van der Waals surface area contributed by atoms with Crippen LogP contribution in [0.3, 0.4) is 0 Å². The zero-order chi connectivity index (χ0) is 49.3. The highest BCUT2D eigenvalue weighted by Gasteiger charge is 2.39. The van der Waals surface area contributed by atoms with E-state index >= 15 is 0 Å². The second-order valence-electron chi connectivity index (χ2n) is 17.8. The number of rotatable bonds is 30. The van der Waals surface area contributed by atoms with Gasteiger partial charge in [-0.05, 0) is 127 Å². The Morgan fingerprint density at radius 1 is 0.672 bits per heavy atom. The van der Waals surface area contributed by atoms with Crippen molar-refractivity contribution in [3.8, 4) is 0 Å². The fourth-order valence-electron chi connectivity index (χ4n) is 7.57. The molecule has 3 heterocycles. The van der Waals surface area contributed by atoms with Crippen LogP contribution in [0.4, 0.5) is 0 Å². The lowest BCUT2D eigenvalue weighted by atomic mass is 10.00. The number of hydrogen-bond donors (Lipinski definition) is 9. The first-order valence-corrected chi connectivity index (χ1v) is 23.7. The van der Waals surface area contributed by atoms with Crippen molar-refractivity contribution >= 4 is 47.3 Å². The van der Waals surface area contributed by atoms with Crippen LogP contribution in [-0.4, -0.2) is 131 Å². The molecule has 1 aliphatic heterocycles. The molecule has 1 saturated heterocycles. The zero-order valence-electron chi connectivity index (χ0n) is 39.8. The van der Waals surface area contributed by atoms with E-state index in [1.165, 1.54) is 30.4 Å². The number of nitrogens with one attached hydrogen (secondary N) is 7. The molecule has 11 N–H and O–H groups in total. The molecule has 0 spiro atoms. The van der Waals surface area contributed by atoms with Crippen LogP contribution in [0.25, 0.3) is 0 Å². The molecule has 8 amide bonds. The number of primary amides is 1. The Bertz CT molecular complexity index is 1900. The van der Waals surface area contributed by atoms with Gasteiger partial charge in [0.05, 0.1) is 11.1 Å². The van der Waals surface area contributed by atoms with Gasteiger partial charge in [-0.25, -0.2) is 0 Å². The van der Waals surface area contributed by atoms with Gasteiger partial charge in [0.2, 0.25) is 35.4 Å². The summed E-state index contributed by atoms with van der Waals surface area (Å²) >= 11 is 0. The number of aromatic nitrogens is 2. The van der Waals surface area contributed by atoms with Crippen LogP contribution >= 0.6 is 0 Å². The number of amides is 8. The average Bonchev–Trinajstić information content (AvgIpc) is 3.80. The van der Waals surface area contributed by atoms with Crippen LogP contribution in [0.2, 0.25) is 0 Å². The van der Waals surface area contributed by atoms with Crippen molar-refractivity contribution in [3.63, 3.8) is 0 Å². The van der Waals surface area contributed by atoms with Crippen molar-refractivity contribution in [3.05, 3.63) is 60.2 Å². The van der Waals surface area contributed by atoms with Gasteiger partial charge >= 0.3 is 0 Å². The number of unbranched alkanes of at least 4 members (excludes halogenated alkanes) is 3. The molecule has 2 aromatic rings. The van der Waals surface area contributed by atoms with E-state index in [1.54, 1.807) is 30.5 Å². The molecule has 0 bridgehead atoms. The summed E-state index contributed by atoms with van der Waals surface area (Å²) in [7, 11) is 0. The maximum atomic E-state index is 14.4. The molecule has 1 fully saturated rings. The van der Waals surface area contributed by atoms with E-state index < -0.39 is 77.6 Å². The molecular weight excluding hydrogens is 861 g/mol. The van der Waals surface area contributed by atoms with E-state index in [2.05, 4.69) is 47.2 Å². The smallest absolute Gasteiger partial charge is 0.253 e. The molecule has 370 valence electrons. The second kappa shape index (κ2) is 29.6. The van der Waals surface area contributed by atoms with Crippen LogP contribution in [0.15, 0.2) is 49.1 Å². The first-order valence-electron chi connectivity index (χ1n) is 23.7. The van der Waals surface area contributed by atoms with Gasteiger partial charge in [-0.1, -0.05) is 27.7 Å². The van der Waals surface area contributed by atoms with E-state index in [1.807, 2.05) is 27.7 Å². The normalized spacial score (nSPS) is 15.7. The van der Waals surface area contributed by atoms with E-state index in [4.69, 9.17) is 11.5 Å². The predicted molar refractivity (Wildman–Crippen MR) is 253 cm³/mol. The Labute approximate surface area is 394 Å². The van der Waals surface area contributed by atoms with E-state index in [9.17, 15) is 38.4 Å². The molecule has 20 nitrogen and oxygen atoms in total. The highest BCUT2D eigenvalue weighted by atomic mass is 16.2. The summed E-state index contributed by atoms with van der Waals surface area (Å²) in [5, 5.41) is 20.1. The Morgan fingerprint density at radius 2 is 1.21 bits per heavy atom. The van der Waals surface area contributed by atoms with Crippen molar-refractivity contribution in [1.82, 2.24) is 52.1 Å². The molecule has 6 atom stereocenters. The number of pyridine rings is 2. The van der Waals surface area contributed by atoms with Crippen molar-refractivity contribution < 1.29 is 38.4 Å². The fraction of sp³-hybridized carbons (Fsp3) is 0.617. The van der Waals surface area contributed by atoms with Crippen molar-refractivity contribution in [2.45, 2.75) is 154 Å². The first-order chi connectivity index (χ1) is 32.0. The van der Waals surface area contributed by atoms with Gasteiger partial charge in [0.25, 0.3) is 11.8 Å². The van der Waals surface area contributed by atoms with Crippen LogP contribution in [0, 0.1) is 5.92 Å². The Hall–Kier alpha value is -6.02. The molecule has 0 radical (unpaired) electrons. The molecule has 0 unspecified atom stereocenters. The zero-order valence-corrected chi connectivity index (χ0v) is 39.8. The number of nitrogens with two attached hydrogens (primary N) is 2. The summed E-state index contributed by atoms with van der Waals surface area (Å²) in [6.07, 6.45) is 10.7. The molecular formula is C47H74N12O8. The lowest BCUT2D eigenvalue weighted by Crippen LogP contribution is -2.59. The third kappa shape index (κ3) is 19.8. The van der Waals surface area contributed by atoms with Gasteiger partial charge < -0.3 is 53.6 Å². The largest absolute Gasteiger partial charge is 0.368 e. The summed E-state index contributed by atoms with van der Waals surface area (Å²) < 4.78 is 0. The van der Waals surface area contributed by atoms with Crippen molar-refractivity contribution in [2.75, 3.05) is 26.2 Å². The summed E-state index contributed by atoms with van der Waals surface area (Å²) in [5.41, 5.74) is 11.8. The van der Waals surface area contributed by atoms with Gasteiger partial charge in [0, 0.05) is 43.9 Å². The third-order valence-corrected chi connectivity index (χ3v) is 11.3. The minimum absolute atomic E-state index is 0.0997. The number of likely N-dealkylation sites (tertiary alicyclic amines) is 1. The molecule has 0 saturated carbocycles. The molecule has 1 aliphatic rings. The van der Waals surface area contributed by atoms with Gasteiger partial charge in [-0.15, -0.1) is 0 Å². The molecule has 3 rings (SSSR count). The molecule has 0 aromatic carbocycles. The van der Waals surface area contributed by atoms with Crippen LogP contribution in [0.5, 0.6) is 0 Å². The Kier molecular flexibility index (Phi) is 24.4. The predicted octanol–water partition coefficient (Wildman–Crippen LogP) is 0.954. The third-order valence-electron chi connectivity index (χ3n) is 11.3. The van der Waals surface area contributed by atoms with E-state index in [0.717, 1.165) is 0 Å². The number of hydrogen-bond acceptors (Lipinski definition) is 12. The standard InChI is InChI=1S/C47H74N12O8/c1-30(2)27-38(45(65)57-37(19-8-10-24-52-31(3)4)47(67)59-26-14-20-39(59)46(66)54-32(5)40(49)60)58-44(64)36(18-7-11-25-53-41(61)33-15-12-22-50-28-33)56-43(63)35(17-6-9-21-48)55-42(62)34-16-13-23-51-29-34/h12-13,15-16,22-23,28-32,35-39,52H,6-11,14,17-21,24-27,48H2,1-5H3,(H2,49,60)(H,53,61)(H,54,66)(H,55,62)(H,56,63)(H,57,65)(H,58,64)/t32-,35+,36-,37+,38+,39+/m1/s1. The van der Waals surface area contributed by atoms with Gasteiger partial charge in [0.1, 0.15) is 36.3 Å². The lowest BCUT2D eigenvalue weighted by molar-refractivity contribution is -0.142. The van der Waals surface area contributed by atoms with Crippen molar-refractivity contribution in [2.24, 2.45) is 17.4 Å². The minimum atomic E-state index is -1.17. The Morgan fingerprint density at radius 3 is 1.78 bits per heavy atom. The van der Waals surface area contributed by atoms with Crippen LogP contribution in [0.1, 0.15) is 132 Å². The Balaban J connectivity index is 1.86. The van der Waals surface area contributed by atoms with Crippen LogP contribution < -0.4 is 48.7 Å². The van der Waals surface area contributed by atoms with Crippen LogP contribution in [-0.2, 0) is 28.8 Å². The number of carbonyl (C=O) groups excluding carboxylic acids is 8. The summed E-state index contributed by atoms with van der Waals surface area (Å²) in [5.74, 6) is -4.52. The van der Waals surface area contributed by atoms with Crippen molar-refractivity contribution in [1.29, 1.82) is 0 Å². The number of nitrogens with zero attached hydrogens (tertiary/aromatic N) is 3. The molecule has 0 aliphatic carbocycles. The second-order valence-corrected chi connectivity index (χ2v) is 17.8. The summed E-state index contributed by atoms with van der Waals surface area (Å²) in [4.78, 5) is 117. The molecule has 20 heteroatoms. The minimum Gasteiger partial charge on any atom is -0.368 e.